The minimum atomic E-state index is -0.676. The molecular formula is C17H16ClFN2O2S. The summed E-state index contributed by atoms with van der Waals surface area (Å²) in [7, 11) is 1.43. The summed E-state index contributed by atoms with van der Waals surface area (Å²) in [6.45, 7) is -0.201. The van der Waals surface area contributed by atoms with Crippen LogP contribution in [0.2, 0.25) is 5.02 Å². The van der Waals surface area contributed by atoms with Crippen molar-refractivity contribution >= 4 is 40.9 Å². The number of para-hydroxylation sites is 1. The fraction of sp³-hybridized carbons (Fsp3) is 0.176. The first kappa shape index (κ1) is 18.3. The van der Waals surface area contributed by atoms with Gasteiger partial charge in [-0.15, -0.1) is 11.8 Å². The van der Waals surface area contributed by atoms with Crippen molar-refractivity contribution in [1.82, 2.24) is 4.90 Å². The average Bonchev–Trinajstić information content (AvgIpc) is 2.56. The van der Waals surface area contributed by atoms with Crippen LogP contribution in [0.15, 0.2) is 47.4 Å². The molecule has 7 heteroatoms. The van der Waals surface area contributed by atoms with Gasteiger partial charge < -0.3 is 10.2 Å². The van der Waals surface area contributed by atoms with Crippen LogP contribution in [0.5, 0.6) is 0 Å². The molecular weight excluding hydrogens is 351 g/mol. The highest BCUT2D eigenvalue weighted by molar-refractivity contribution is 7.98. The van der Waals surface area contributed by atoms with Gasteiger partial charge >= 0.3 is 0 Å². The van der Waals surface area contributed by atoms with E-state index in [2.05, 4.69) is 5.32 Å². The first-order chi connectivity index (χ1) is 11.4. The van der Waals surface area contributed by atoms with Gasteiger partial charge in [0.1, 0.15) is 5.82 Å². The van der Waals surface area contributed by atoms with Gasteiger partial charge in [-0.05, 0) is 36.6 Å². The smallest absolute Gasteiger partial charge is 0.257 e. The normalized spacial score (nSPS) is 10.3. The van der Waals surface area contributed by atoms with Crippen LogP contribution in [-0.2, 0) is 4.79 Å². The third kappa shape index (κ3) is 4.49. The second kappa shape index (κ2) is 8.17. The Morgan fingerprint density at radius 3 is 2.67 bits per heavy atom. The Hall–Kier alpha value is -2.05. The molecule has 0 saturated heterocycles. The fourth-order valence-corrected chi connectivity index (χ4v) is 2.82. The number of nitrogens with one attached hydrogen (secondary N) is 1. The summed E-state index contributed by atoms with van der Waals surface area (Å²) in [4.78, 5) is 26.5. The predicted molar refractivity (Wildman–Crippen MR) is 95.2 cm³/mol. The van der Waals surface area contributed by atoms with Gasteiger partial charge in [0, 0.05) is 17.0 Å². The Balaban J connectivity index is 2.06. The molecule has 0 saturated carbocycles. The van der Waals surface area contributed by atoms with E-state index in [4.69, 9.17) is 11.6 Å². The zero-order chi connectivity index (χ0) is 17.7. The number of benzene rings is 2. The molecule has 0 bridgehead atoms. The molecule has 0 atom stereocenters. The summed E-state index contributed by atoms with van der Waals surface area (Å²) < 4.78 is 13.8. The van der Waals surface area contributed by atoms with Crippen molar-refractivity contribution in [3.8, 4) is 0 Å². The fourth-order valence-electron chi connectivity index (χ4n) is 2.09. The van der Waals surface area contributed by atoms with E-state index in [-0.39, 0.29) is 23.0 Å². The molecule has 0 spiro atoms. The zero-order valence-electron chi connectivity index (χ0n) is 13.2. The topological polar surface area (TPSA) is 49.4 Å². The molecule has 0 unspecified atom stereocenters. The van der Waals surface area contributed by atoms with Crippen LogP contribution in [0.25, 0.3) is 0 Å². The number of carbonyl (C=O) groups excluding carboxylic acids is 2. The summed E-state index contributed by atoms with van der Waals surface area (Å²) in [6.07, 6.45) is 1.91. The number of likely N-dealkylation sites (N-methyl/N-ethyl adjacent to an activating group) is 1. The number of hydrogen-bond acceptors (Lipinski definition) is 3. The van der Waals surface area contributed by atoms with Crippen LogP contribution in [0, 0.1) is 5.82 Å². The molecule has 2 aromatic rings. The molecule has 0 radical (unpaired) electrons. The van der Waals surface area contributed by atoms with Gasteiger partial charge in [-0.2, -0.15) is 0 Å². The second-order valence-corrected chi connectivity index (χ2v) is 6.32. The number of halogens is 2. The van der Waals surface area contributed by atoms with Gasteiger partial charge in [-0.25, -0.2) is 4.39 Å². The quantitative estimate of drug-likeness (QED) is 0.816. The van der Waals surface area contributed by atoms with Gasteiger partial charge in [-0.1, -0.05) is 23.7 Å². The Labute approximate surface area is 149 Å². The number of anilines is 1. The first-order valence-electron chi connectivity index (χ1n) is 7.05. The van der Waals surface area contributed by atoms with Gasteiger partial charge in [0.05, 0.1) is 17.8 Å². The summed E-state index contributed by atoms with van der Waals surface area (Å²) >= 11 is 7.30. The maximum atomic E-state index is 13.8. The van der Waals surface area contributed by atoms with Gasteiger partial charge in [0.25, 0.3) is 5.91 Å². The molecule has 0 fully saturated rings. The largest absolute Gasteiger partial charge is 0.332 e. The van der Waals surface area contributed by atoms with Crippen molar-refractivity contribution in [2.24, 2.45) is 0 Å². The highest BCUT2D eigenvalue weighted by Crippen LogP contribution is 2.24. The third-order valence-electron chi connectivity index (χ3n) is 3.27. The lowest BCUT2D eigenvalue weighted by atomic mass is 10.2. The third-order valence-corrected chi connectivity index (χ3v) is 4.30. The van der Waals surface area contributed by atoms with Crippen molar-refractivity contribution < 1.29 is 14.0 Å². The molecule has 0 aliphatic carbocycles. The molecule has 0 aromatic heterocycles. The van der Waals surface area contributed by atoms with E-state index >= 15 is 0 Å². The summed E-state index contributed by atoms with van der Waals surface area (Å²) in [5.74, 6) is -1.65. The summed E-state index contributed by atoms with van der Waals surface area (Å²) in [5, 5.41) is 3.01. The van der Waals surface area contributed by atoms with E-state index in [9.17, 15) is 14.0 Å². The first-order valence-corrected chi connectivity index (χ1v) is 8.66. The van der Waals surface area contributed by atoms with Crippen LogP contribution in [-0.4, -0.2) is 36.6 Å². The molecule has 2 amide bonds. The molecule has 0 heterocycles. The van der Waals surface area contributed by atoms with E-state index < -0.39 is 11.7 Å². The van der Waals surface area contributed by atoms with Gasteiger partial charge in [-0.3, -0.25) is 9.59 Å². The molecule has 0 aliphatic heterocycles. The number of amides is 2. The van der Waals surface area contributed by atoms with E-state index in [1.807, 2.05) is 24.5 Å². The minimum absolute atomic E-state index is 0.165. The maximum absolute atomic E-state index is 13.8. The molecule has 4 nitrogen and oxygen atoms in total. The SMILES string of the molecule is CSc1ccccc1NC(=O)CN(C)C(=O)c1cc(Cl)ccc1F. The second-order valence-electron chi connectivity index (χ2n) is 5.03. The van der Waals surface area contributed by atoms with Crippen LogP contribution < -0.4 is 5.32 Å². The highest BCUT2D eigenvalue weighted by Gasteiger charge is 2.19. The lowest BCUT2D eigenvalue weighted by Crippen LogP contribution is -2.35. The zero-order valence-corrected chi connectivity index (χ0v) is 14.7. The predicted octanol–water partition coefficient (Wildman–Crippen LogP) is 3.91. The molecule has 0 aliphatic rings. The van der Waals surface area contributed by atoms with Crippen LogP contribution in [0.4, 0.5) is 10.1 Å². The molecule has 24 heavy (non-hydrogen) atoms. The minimum Gasteiger partial charge on any atom is -0.332 e. The van der Waals surface area contributed by atoms with Crippen molar-refractivity contribution in [3.63, 3.8) is 0 Å². The van der Waals surface area contributed by atoms with Gasteiger partial charge in [0.2, 0.25) is 5.91 Å². The van der Waals surface area contributed by atoms with E-state index in [0.717, 1.165) is 15.9 Å². The Morgan fingerprint density at radius 2 is 1.96 bits per heavy atom. The standard InChI is InChI=1S/C17H16ClFN2O2S/c1-21(17(23)12-9-11(18)7-8-13(12)19)10-16(22)20-14-5-3-4-6-15(14)24-2/h3-9H,10H2,1-2H3,(H,20,22). The molecule has 1 N–H and O–H groups in total. The number of thioether (sulfide) groups is 1. The van der Waals surface area contributed by atoms with Crippen LogP contribution in [0.3, 0.4) is 0 Å². The number of nitrogens with zero attached hydrogens (tertiary/aromatic N) is 1. The van der Waals surface area contributed by atoms with Crippen molar-refractivity contribution in [3.05, 3.63) is 58.9 Å². The number of carbonyl (C=O) groups is 2. The Kier molecular flexibility index (Phi) is 6.23. The average molecular weight is 367 g/mol. The number of rotatable bonds is 5. The van der Waals surface area contributed by atoms with E-state index in [1.165, 1.54) is 30.9 Å². The lowest BCUT2D eigenvalue weighted by Gasteiger charge is -2.18. The van der Waals surface area contributed by atoms with Crippen molar-refractivity contribution in [2.75, 3.05) is 25.2 Å². The van der Waals surface area contributed by atoms with Gasteiger partial charge in [0.15, 0.2) is 0 Å². The summed E-state index contributed by atoms with van der Waals surface area (Å²) in [5.41, 5.74) is 0.507. The van der Waals surface area contributed by atoms with E-state index in [0.29, 0.717) is 5.69 Å². The molecule has 2 rings (SSSR count). The molecule has 126 valence electrons. The maximum Gasteiger partial charge on any atom is 0.257 e. The van der Waals surface area contributed by atoms with Crippen LogP contribution >= 0.6 is 23.4 Å². The monoisotopic (exact) mass is 366 g/mol. The van der Waals surface area contributed by atoms with Crippen molar-refractivity contribution in [2.45, 2.75) is 4.90 Å². The highest BCUT2D eigenvalue weighted by atomic mass is 35.5. The lowest BCUT2D eigenvalue weighted by molar-refractivity contribution is -0.116. The van der Waals surface area contributed by atoms with Crippen molar-refractivity contribution in [1.29, 1.82) is 0 Å². The Bertz CT molecular complexity index is 770. The summed E-state index contributed by atoms with van der Waals surface area (Å²) in [6, 6.07) is 11.1. The Morgan fingerprint density at radius 1 is 1.25 bits per heavy atom. The molecule has 2 aromatic carbocycles. The van der Waals surface area contributed by atoms with E-state index in [1.54, 1.807) is 6.07 Å². The number of hydrogen-bond donors (Lipinski definition) is 1. The van der Waals surface area contributed by atoms with Crippen LogP contribution in [0.1, 0.15) is 10.4 Å².